The van der Waals surface area contributed by atoms with Crippen molar-refractivity contribution in [2.24, 2.45) is 0 Å². The Morgan fingerprint density at radius 2 is 2.00 bits per heavy atom. The van der Waals surface area contributed by atoms with E-state index < -0.39 is 0 Å². The van der Waals surface area contributed by atoms with Crippen LogP contribution in [0.1, 0.15) is 20.8 Å². The molecule has 0 aromatic carbocycles. The highest BCUT2D eigenvalue weighted by Gasteiger charge is 1.89. The van der Waals surface area contributed by atoms with Crippen molar-refractivity contribution in [3.05, 3.63) is 36.6 Å². The number of nitrogens with one attached hydrogen (secondary N) is 1. The molecule has 0 rings (SSSR count). The Hall–Kier alpha value is -0.980. The molecule has 0 aliphatic carbocycles. The molecule has 0 atom stereocenters. The molecule has 0 aliphatic heterocycles. The highest BCUT2D eigenvalue weighted by Crippen LogP contribution is 1.90. The summed E-state index contributed by atoms with van der Waals surface area (Å²) in [4.78, 5) is 0. The van der Waals surface area contributed by atoms with Gasteiger partial charge in [-0.1, -0.05) is 24.8 Å². The minimum atomic E-state index is 0.456. The molecule has 0 unspecified atom stereocenters. The standard InChI is InChI=1S/C10H17N/c1-5-6-7-8-10(4)11-9(2)3/h5-9,11H,4H2,1-3H3/b6-5-,8-7-. The van der Waals surface area contributed by atoms with E-state index in [1.54, 1.807) is 0 Å². The van der Waals surface area contributed by atoms with Crippen molar-refractivity contribution in [2.75, 3.05) is 0 Å². The lowest BCUT2D eigenvalue weighted by Gasteiger charge is -2.08. The third-order valence-corrected chi connectivity index (χ3v) is 1.08. The Kier molecular flexibility index (Phi) is 5.26. The highest BCUT2D eigenvalue weighted by atomic mass is 14.9. The van der Waals surface area contributed by atoms with Crippen LogP contribution in [0.5, 0.6) is 0 Å². The topological polar surface area (TPSA) is 12.0 Å². The van der Waals surface area contributed by atoms with Gasteiger partial charge < -0.3 is 5.32 Å². The molecule has 0 radical (unpaired) electrons. The van der Waals surface area contributed by atoms with Crippen molar-refractivity contribution in [3.63, 3.8) is 0 Å². The van der Waals surface area contributed by atoms with Crippen molar-refractivity contribution >= 4 is 0 Å². The second-order valence-corrected chi connectivity index (χ2v) is 2.71. The summed E-state index contributed by atoms with van der Waals surface area (Å²) in [6, 6.07) is 0.456. The minimum absolute atomic E-state index is 0.456. The van der Waals surface area contributed by atoms with Gasteiger partial charge in [0.1, 0.15) is 0 Å². The van der Waals surface area contributed by atoms with Crippen molar-refractivity contribution in [1.29, 1.82) is 0 Å². The maximum atomic E-state index is 3.83. The van der Waals surface area contributed by atoms with E-state index in [0.717, 1.165) is 5.70 Å². The van der Waals surface area contributed by atoms with Gasteiger partial charge in [0.2, 0.25) is 0 Å². The molecule has 1 nitrogen and oxygen atoms in total. The lowest BCUT2D eigenvalue weighted by Crippen LogP contribution is -2.19. The Morgan fingerprint density at radius 1 is 1.36 bits per heavy atom. The van der Waals surface area contributed by atoms with E-state index in [2.05, 4.69) is 25.7 Å². The van der Waals surface area contributed by atoms with Crippen molar-refractivity contribution < 1.29 is 0 Å². The number of hydrogen-bond donors (Lipinski definition) is 1. The van der Waals surface area contributed by atoms with Crippen molar-refractivity contribution in [2.45, 2.75) is 26.8 Å². The SMILES string of the molecule is C=C(/C=C\C=C/C)NC(C)C. The Balaban J connectivity index is 3.69. The molecule has 0 aliphatic rings. The molecule has 0 aromatic heterocycles. The molecule has 0 fully saturated rings. The number of hydrogen-bond acceptors (Lipinski definition) is 1. The van der Waals surface area contributed by atoms with Gasteiger partial charge in [0.25, 0.3) is 0 Å². The molecule has 11 heavy (non-hydrogen) atoms. The van der Waals surface area contributed by atoms with Gasteiger partial charge in [-0.2, -0.15) is 0 Å². The van der Waals surface area contributed by atoms with Gasteiger partial charge in [0, 0.05) is 11.7 Å². The number of allylic oxidation sites excluding steroid dienone is 4. The van der Waals surface area contributed by atoms with E-state index in [4.69, 9.17) is 0 Å². The molecule has 0 spiro atoms. The average molecular weight is 151 g/mol. The number of rotatable bonds is 4. The van der Waals surface area contributed by atoms with Crippen LogP contribution in [0.25, 0.3) is 0 Å². The normalized spacial score (nSPS) is 11.6. The summed E-state index contributed by atoms with van der Waals surface area (Å²) >= 11 is 0. The zero-order valence-corrected chi connectivity index (χ0v) is 7.59. The quantitative estimate of drug-likeness (QED) is 0.609. The predicted octanol–water partition coefficient (Wildman–Crippen LogP) is 2.63. The predicted molar refractivity (Wildman–Crippen MR) is 51.4 cm³/mol. The fourth-order valence-corrected chi connectivity index (χ4v) is 0.702. The van der Waals surface area contributed by atoms with Crippen LogP contribution in [0, 0.1) is 0 Å². The van der Waals surface area contributed by atoms with Crippen molar-refractivity contribution in [1.82, 2.24) is 5.32 Å². The molecule has 0 saturated carbocycles. The molecular formula is C10H17N. The summed E-state index contributed by atoms with van der Waals surface area (Å²) in [5.74, 6) is 0. The first-order valence-electron chi connectivity index (χ1n) is 3.91. The Bertz CT molecular complexity index is 164. The lowest BCUT2D eigenvalue weighted by molar-refractivity contribution is 0.683. The summed E-state index contributed by atoms with van der Waals surface area (Å²) in [7, 11) is 0. The summed E-state index contributed by atoms with van der Waals surface area (Å²) < 4.78 is 0. The molecule has 0 aromatic rings. The van der Waals surface area contributed by atoms with E-state index >= 15 is 0 Å². The zero-order chi connectivity index (χ0) is 8.69. The zero-order valence-electron chi connectivity index (χ0n) is 7.59. The largest absolute Gasteiger partial charge is 0.383 e. The van der Waals surface area contributed by atoms with Crippen LogP contribution in [0.2, 0.25) is 0 Å². The second kappa shape index (κ2) is 5.78. The fourth-order valence-electron chi connectivity index (χ4n) is 0.702. The van der Waals surface area contributed by atoms with Gasteiger partial charge in [0.15, 0.2) is 0 Å². The smallest absolute Gasteiger partial charge is 0.0269 e. The minimum Gasteiger partial charge on any atom is -0.383 e. The summed E-state index contributed by atoms with van der Waals surface area (Å²) in [5, 5.41) is 3.19. The van der Waals surface area contributed by atoms with Crippen LogP contribution in [0.15, 0.2) is 36.6 Å². The van der Waals surface area contributed by atoms with E-state index in [-0.39, 0.29) is 0 Å². The van der Waals surface area contributed by atoms with E-state index in [1.165, 1.54) is 0 Å². The van der Waals surface area contributed by atoms with E-state index in [9.17, 15) is 0 Å². The average Bonchev–Trinajstić information content (AvgIpc) is 1.86. The van der Waals surface area contributed by atoms with Gasteiger partial charge in [-0.05, 0) is 26.8 Å². The van der Waals surface area contributed by atoms with Crippen molar-refractivity contribution in [3.8, 4) is 0 Å². The lowest BCUT2D eigenvalue weighted by atomic mass is 10.3. The second-order valence-electron chi connectivity index (χ2n) is 2.71. The summed E-state index contributed by atoms with van der Waals surface area (Å²) in [6.45, 7) is 10.0. The van der Waals surface area contributed by atoms with Gasteiger partial charge in [-0.3, -0.25) is 0 Å². The van der Waals surface area contributed by atoms with E-state index in [0.29, 0.717) is 6.04 Å². The van der Waals surface area contributed by atoms with Gasteiger partial charge in [-0.15, -0.1) is 0 Å². The molecular weight excluding hydrogens is 134 g/mol. The molecule has 1 N–H and O–H groups in total. The summed E-state index contributed by atoms with van der Waals surface area (Å²) in [6.07, 6.45) is 7.89. The Labute approximate surface area is 69.5 Å². The first-order valence-corrected chi connectivity index (χ1v) is 3.91. The third-order valence-electron chi connectivity index (χ3n) is 1.08. The third kappa shape index (κ3) is 6.91. The first-order chi connectivity index (χ1) is 5.16. The maximum absolute atomic E-state index is 3.83. The molecule has 0 bridgehead atoms. The van der Waals surface area contributed by atoms with Crippen LogP contribution in [0.3, 0.4) is 0 Å². The van der Waals surface area contributed by atoms with Gasteiger partial charge in [-0.25, -0.2) is 0 Å². The molecule has 1 heteroatoms. The van der Waals surface area contributed by atoms with Gasteiger partial charge in [0.05, 0.1) is 0 Å². The first kappa shape index (κ1) is 10.0. The molecule has 0 amide bonds. The molecule has 0 heterocycles. The van der Waals surface area contributed by atoms with E-state index in [1.807, 2.05) is 31.2 Å². The van der Waals surface area contributed by atoms with Crippen LogP contribution < -0.4 is 5.32 Å². The van der Waals surface area contributed by atoms with Gasteiger partial charge >= 0.3 is 0 Å². The molecule has 62 valence electrons. The highest BCUT2D eigenvalue weighted by molar-refractivity contribution is 5.17. The van der Waals surface area contributed by atoms with Crippen LogP contribution in [-0.2, 0) is 0 Å². The monoisotopic (exact) mass is 151 g/mol. The molecule has 0 saturated heterocycles. The summed E-state index contributed by atoms with van der Waals surface area (Å²) in [5.41, 5.74) is 0.957. The van der Waals surface area contributed by atoms with Crippen LogP contribution in [-0.4, -0.2) is 6.04 Å². The Morgan fingerprint density at radius 3 is 2.45 bits per heavy atom. The van der Waals surface area contributed by atoms with Crippen LogP contribution >= 0.6 is 0 Å². The van der Waals surface area contributed by atoms with Crippen LogP contribution in [0.4, 0.5) is 0 Å². The maximum Gasteiger partial charge on any atom is 0.0269 e. The fraction of sp³-hybridized carbons (Fsp3) is 0.400.